The second-order valence-electron chi connectivity index (χ2n) is 11.6. The van der Waals surface area contributed by atoms with Crippen molar-refractivity contribution in [1.82, 2.24) is 20.0 Å². The number of nitrogens with one attached hydrogen (secondary N) is 1. The van der Waals surface area contributed by atoms with E-state index in [-0.39, 0.29) is 24.4 Å². The second-order valence-corrected chi connectivity index (χ2v) is 11.6. The van der Waals surface area contributed by atoms with Crippen molar-refractivity contribution in [3.63, 3.8) is 0 Å². The number of urea groups is 1. The summed E-state index contributed by atoms with van der Waals surface area (Å²) in [5.41, 5.74) is 2.91. The standard InChI is InChI=1S/C35H38N4O4/c1-3-38-30-23-39(29(21-25-11-6-4-7-12-25)33(40)37-19-17-24(2)18-20-37)34(41)31(30)32(36-35(38)42)26-13-10-16-28(22-26)43-27-14-8-5-9-15-27/h4-16,22,24,29,32H,3,17-21,23H2,1-2H3,(H,36,42)/t29-,32+/m1/s1. The zero-order chi connectivity index (χ0) is 29.9. The SMILES string of the molecule is CCN1C(=O)N[C@@H](c2cccc(Oc3ccccc3)c2)C2=C1CN([C@H](Cc1ccccc1)C(=O)N1CCC(C)CC1)C2=O. The van der Waals surface area contributed by atoms with Crippen LogP contribution in [0.25, 0.3) is 0 Å². The highest BCUT2D eigenvalue weighted by molar-refractivity contribution is 6.03. The molecule has 1 saturated heterocycles. The van der Waals surface area contributed by atoms with Crippen molar-refractivity contribution in [3.8, 4) is 11.5 Å². The summed E-state index contributed by atoms with van der Waals surface area (Å²) in [6.07, 6.45) is 2.33. The zero-order valence-corrected chi connectivity index (χ0v) is 24.7. The lowest BCUT2D eigenvalue weighted by molar-refractivity contribution is -0.144. The number of para-hydroxylation sites is 1. The zero-order valence-electron chi connectivity index (χ0n) is 24.7. The predicted octanol–water partition coefficient (Wildman–Crippen LogP) is 5.53. The molecule has 3 aromatic rings. The van der Waals surface area contributed by atoms with Gasteiger partial charge in [0.25, 0.3) is 5.91 Å². The van der Waals surface area contributed by atoms with Crippen LogP contribution in [0.15, 0.2) is 96.2 Å². The average Bonchev–Trinajstić information content (AvgIpc) is 3.37. The lowest BCUT2D eigenvalue weighted by Crippen LogP contribution is -2.52. The Balaban J connectivity index is 1.33. The first-order valence-electron chi connectivity index (χ1n) is 15.2. The largest absolute Gasteiger partial charge is 0.457 e. The minimum Gasteiger partial charge on any atom is -0.457 e. The molecular formula is C35H38N4O4. The molecule has 222 valence electrons. The van der Waals surface area contributed by atoms with E-state index in [4.69, 9.17) is 4.74 Å². The first-order chi connectivity index (χ1) is 20.9. The summed E-state index contributed by atoms with van der Waals surface area (Å²) >= 11 is 0. The van der Waals surface area contributed by atoms with Gasteiger partial charge < -0.3 is 19.9 Å². The minimum atomic E-state index is -0.670. The molecule has 3 heterocycles. The molecular weight excluding hydrogens is 540 g/mol. The fourth-order valence-corrected chi connectivity index (χ4v) is 6.34. The third kappa shape index (κ3) is 5.87. The highest BCUT2D eigenvalue weighted by atomic mass is 16.5. The Bertz CT molecular complexity index is 1520. The van der Waals surface area contributed by atoms with E-state index in [1.807, 2.05) is 96.8 Å². The number of ether oxygens (including phenoxy) is 1. The van der Waals surface area contributed by atoms with E-state index in [9.17, 15) is 14.4 Å². The fourth-order valence-electron chi connectivity index (χ4n) is 6.34. The Morgan fingerprint density at radius 2 is 1.60 bits per heavy atom. The molecule has 8 heteroatoms. The minimum absolute atomic E-state index is 0.0268. The van der Waals surface area contributed by atoms with E-state index in [1.54, 1.807) is 9.80 Å². The molecule has 2 atom stereocenters. The van der Waals surface area contributed by atoms with Crippen molar-refractivity contribution in [2.24, 2.45) is 5.92 Å². The van der Waals surface area contributed by atoms with E-state index >= 15 is 0 Å². The topological polar surface area (TPSA) is 82.2 Å². The second kappa shape index (κ2) is 12.3. The van der Waals surface area contributed by atoms with Gasteiger partial charge in [0.05, 0.1) is 23.9 Å². The number of nitrogens with zero attached hydrogens (tertiary/aromatic N) is 3. The molecule has 3 aromatic carbocycles. The number of likely N-dealkylation sites (N-methyl/N-ethyl adjacent to an activating group) is 1. The van der Waals surface area contributed by atoms with Crippen molar-refractivity contribution in [1.29, 1.82) is 0 Å². The smallest absolute Gasteiger partial charge is 0.322 e. The Morgan fingerprint density at radius 1 is 0.930 bits per heavy atom. The van der Waals surface area contributed by atoms with Crippen LogP contribution in [0.4, 0.5) is 4.79 Å². The highest BCUT2D eigenvalue weighted by Crippen LogP contribution is 2.39. The number of carbonyl (C=O) groups is 3. The van der Waals surface area contributed by atoms with Gasteiger partial charge in [-0.1, -0.05) is 67.6 Å². The monoisotopic (exact) mass is 578 g/mol. The number of hydrogen-bond acceptors (Lipinski definition) is 4. The molecule has 0 saturated carbocycles. The maximum atomic E-state index is 14.4. The number of amides is 4. The van der Waals surface area contributed by atoms with Gasteiger partial charge in [-0.15, -0.1) is 0 Å². The van der Waals surface area contributed by atoms with Gasteiger partial charge in [-0.05, 0) is 61.1 Å². The van der Waals surface area contributed by atoms with Crippen LogP contribution < -0.4 is 10.1 Å². The van der Waals surface area contributed by atoms with Gasteiger partial charge in [0.15, 0.2) is 0 Å². The molecule has 8 nitrogen and oxygen atoms in total. The predicted molar refractivity (Wildman–Crippen MR) is 164 cm³/mol. The van der Waals surface area contributed by atoms with Gasteiger partial charge in [-0.2, -0.15) is 0 Å². The van der Waals surface area contributed by atoms with Crippen molar-refractivity contribution in [3.05, 3.63) is 107 Å². The molecule has 6 rings (SSSR count). The van der Waals surface area contributed by atoms with E-state index in [0.29, 0.717) is 54.7 Å². The quantitative estimate of drug-likeness (QED) is 0.381. The molecule has 0 radical (unpaired) electrons. The van der Waals surface area contributed by atoms with Crippen LogP contribution in [0.3, 0.4) is 0 Å². The van der Waals surface area contributed by atoms with Gasteiger partial charge in [0, 0.05) is 26.1 Å². The number of benzene rings is 3. The van der Waals surface area contributed by atoms with Crippen molar-refractivity contribution < 1.29 is 19.1 Å². The first kappa shape index (κ1) is 28.5. The van der Waals surface area contributed by atoms with Crippen LogP contribution in [0.1, 0.15) is 43.9 Å². The van der Waals surface area contributed by atoms with Gasteiger partial charge in [0.1, 0.15) is 17.5 Å². The molecule has 4 amide bonds. The molecule has 0 spiro atoms. The molecule has 0 unspecified atom stereocenters. The lowest BCUT2D eigenvalue weighted by atomic mass is 9.95. The molecule has 1 N–H and O–H groups in total. The van der Waals surface area contributed by atoms with Crippen molar-refractivity contribution >= 4 is 17.8 Å². The summed E-state index contributed by atoms with van der Waals surface area (Å²) < 4.78 is 6.06. The Kier molecular flexibility index (Phi) is 8.18. The number of piperidine rings is 1. The molecule has 1 fully saturated rings. The third-order valence-electron chi connectivity index (χ3n) is 8.76. The maximum absolute atomic E-state index is 14.4. The summed E-state index contributed by atoms with van der Waals surface area (Å²) in [5.74, 6) is 1.64. The number of rotatable bonds is 8. The summed E-state index contributed by atoms with van der Waals surface area (Å²) in [6, 6.07) is 25.2. The molecule has 3 aliphatic rings. The van der Waals surface area contributed by atoms with Crippen LogP contribution in [0.2, 0.25) is 0 Å². The van der Waals surface area contributed by atoms with Gasteiger partial charge >= 0.3 is 6.03 Å². The van der Waals surface area contributed by atoms with Crippen LogP contribution in [-0.2, 0) is 16.0 Å². The van der Waals surface area contributed by atoms with Crippen LogP contribution >= 0.6 is 0 Å². The third-order valence-corrected chi connectivity index (χ3v) is 8.76. The Hall–Kier alpha value is -4.59. The molecule has 0 aromatic heterocycles. The van der Waals surface area contributed by atoms with Gasteiger partial charge in [0.2, 0.25) is 5.91 Å². The molecule has 3 aliphatic heterocycles. The summed E-state index contributed by atoms with van der Waals surface area (Å²) in [5, 5.41) is 3.06. The van der Waals surface area contributed by atoms with Gasteiger partial charge in [-0.25, -0.2) is 4.79 Å². The van der Waals surface area contributed by atoms with Crippen LogP contribution in [-0.4, -0.2) is 64.8 Å². The Morgan fingerprint density at radius 3 is 2.30 bits per heavy atom. The van der Waals surface area contributed by atoms with Crippen molar-refractivity contribution in [2.45, 2.75) is 45.2 Å². The maximum Gasteiger partial charge on any atom is 0.322 e. The van der Waals surface area contributed by atoms with Crippen LogP contribution in [0, 0.1) is 5.92 Å². The fraction of sp³-hybridized carbons (Fsp3) is 0.343. The van der Waals surface area contributed by atoms with Crippen molar-refractivity contribution in [2.75, 3.05) is 26.2 Å². The van der Waals surface area contributed by atoms with E-state index in [2.05, 4.69) is 12.2 Å². The van der Waals surface area contributed by atoms with E-state index < -0.39 is 12.1 Å². The number of hydrogen-bond donors (Lipinski definition) is 1. The number of carbonyl (C=O) groups excluding carboxylic acids is 3. The van der Waals surface area contributed by atoms with E-state index in [0.717, 1.165) is 24.0 Å². The summed E-state index contributed by atoms with van der Waals surface area (Å²) in [4.78, 5) is 47.2. The summed E-state index contributed by atoms with van der Waals surface area (Å²) in [6.45, 7) is 6.12. The van der Waals surface area contributed by atoms with Crippen LogP contribution in [0.5, 0.6) is 11.5 Å². The van der Waals surface area contributed by atoms with Gasteiger partial charge in [-0.3, -0.25) is 14.5 Å². The molecule has 0 bridgehead atoms. The highest BCUT2D eigenvalue weighted by Gasteiger charge is 2.47. The average molecular weight is 579 g/mol. The Labute approximate surface area is 252 Å². The molecule has 43 heavy (non-hydrogen) atoms. The summed E-state index contributed by atoms with van der Waals surface area (Å²) in [7, 11) is 0. The first-order valence-corrected chi connectivity index (χ1v) is 15.2. The molecule has 0 aliphatic carbocycles. The number of likely N-dealkylation sites (tertiary alicyclic amines) is 1. The van der Waals surface area contributed by atoms with E-state index in [1.165, 1.54) is 0 Å². The lowest BCUT2D eigenvalue weighted by Gasteiger charge is -2.36. The normalized spacial score (nSPS) is 19.8.